The Morgan fingerprint density at radius 3 is 2.48 bits per heavy atom. The highest BCUT2D eigenvalue weighted by atomic mass is 16.5. The molecule has 1 unspecified atom stereocenters. The lowest BCUT2D eigenvalue weighted by Gasteiger charge is -2.17. The Morgan fingerprint density at radius 2 is 1.80 bits per heavy atom. The van der Waals surface area contributed by atoms with E-state index in [0.717, 1.165) is 16.7 Å². The number of ether oxygens (including phenoxy) is 1. The minimum atomic E-state index is -0.406. The van der Waals surface area contributed by atoms with Gasteiger partial charge >= 0.3 is 5.97 Å². The summed E-state index contributed by atoms with van der Waals surface area (Å²) in [6, 6.07) is 15.5. The zero-order valence-electron chi connectivity index (χ0n) is 15.0. The van der Waals surface area contributed by atoms with Gasteiger partial charge in [0.15, 0.2) is 0 Å². The minimum Gasteiger partial charge on any atom is -0.466 e. The van der Waals surface area contributed by atoms with Gasteiger partial charge in [-0.15, -0.1) is 0 Å². The van der Waals surface area contributed by atoms with E-state index in [1.54, 1.807) is 6.92 Å². The minimum absolute atomic E-state index is 0.163. The van der Waals surface area contributed by atoms with Gasteiger partial charge in [-0.1, -0.05) is 48.0 Å². The van der Waals surface area contributed by atoms with E-state index in [9.17, 15) is 9.59 Å². The fourth-order valence-corrected chi connectivity index (χ4v) is 2.69. The Labute approximate surface area is 149 Å². The monoisotopic (exact) mass is 339 g/mol. The van der Waals surface area contributed by atoms with Crippen LogP contribution in [0.15, 0.2) is 48.5 Å². The van der Waals surface area contributed by atoms with Gasteiger partial charge in [0.25, 0.3) is 5.91 Å². The Balaban J connectivity index is 2.07. The Kier molecular flexibility index (Phi) is 6.75. The standard InChI is InChI=1S/C21H25NO3/c1-4-25-21(24)18(13-17-8-6-5-7-9-17)14-22-20(23)19-12-15(2)10-11-16(19)3/h5-12,18H,4,13-14H2,1-3H3,(H,22,23). The molecule has 0 heterocycles. The van der Waals surface area contributed by atoms with Crippen LogP contribution in [0.3, 0.4) is 0 Å². The molecule has 2 aromatic rings. The zero-order valence-corrected chi connectivity index (χ0v) is 15.0. The maximum absolute atomic E-state index is 12.5. The van der Waals surface area contributed by atoms with Crippen molar-refractivity contribution in [3.05, 3.63) is 70.8 Å². The third kappa shape index (κ3) is 5.45. The highest BCUT2D eigenvalue weighted by Gasteiger charge is 2.22. The number of carbonyl (C=O) groups is 2. The number of hydrogen-bond donors (Lipinski definition) is 1. The predicted octanol–water partition coefficient (Wildman–Crippen LogP) is 3.46. The molecule has 0 bridgehead atoms. The maximum atomic E-state index is 12.5. The molecule has 0 fully saturated rings. The van der Waals surface area contributed by atoms with Crippen LogP contribution in [-0.2, 0) is 16.0 Å². The smallest absolute Gasteiger partial charge is 0.311 e. The first-order valence-corrected chi connectivity index (χ1v) is 8.57. The number of rotatable bonds is 7. The first-order chi connectivity index (χ1) is 12.0. The average Bonchev–Trinajstić information content (AvgIpc) is 2.61. The van der Waals surface area contributed by atoms with Crippen molar-refractivity contribution >= 4 is 11.9 Å². The largest absolute Gasteiger partial charge is 0.466 e. The first kappa shape index (κ1) is 18.7. The van der Waals surface area contributed by atoms with Crippen molar-refractivity contribution in [2.75, 3.05) is 13.2 Å². The SMILES string of the molecule is CCOC(=O)C(CNC(=O)c1cc(C)ccc1C)Cc1ccccc1. The van der Waals surface area contributed by atoms with Gasteiger partial charge in [-0.25, -0.2) is 0 Å². The van der Waals surface area contributed by atoms with Gasteiger partial charge in [0, 0.05) is 12.1 Å². The molecule has 1 N–H and O–H groups in total. The maximum Gasteiger partial charge on any atom is 0.311 e. The molecule has 132 valence electrons. The summed E-state index contributed by atoms with van der Waals surface area (Å²) in [5, 5.41) is 2.89. The van der Waals surface area contributed by atoms with Gasteiger partial charge in [0.05, 0.1) is 12.5 Å². The number of hydrogen-bond acceptors (Lipinski definition) is 3. The molecule has 4 heteroatoms. The molecule has 0 saturated carbocycles. The van der Waals surface area contributed by atoms with Crippen molar-refractivity contribution < 1.29 is 14.3 Å². The summed E-state index contributed by atoms with van der Waals surface area (Å²) in [4.78, 5) is 24.7. The molecule has 1 atom stereocenters. The lowest BCUT2D eigenvalue weighted by Crippen LogP contribution is -2.35. The van der Waals surface area contributed by atoms with E-state index in [1.807, 2.05) is 62.4 Å². The van der Waals surface area contributed by atoms with E-state index in [4.69, 9.17) is 4.74 Å². The fourth-order valence-electron chi connectivity index (χ4n) is 2.69. The molecular weight excluding hydrogens is 314 g/mol. The third-order valence-electron chi connectivity index (χ3n) is 4.09. The molecule has 2 rings (SSSR count). The van der Waals surface area contributed by atoms with Gasteiger partial charge in [-0.05, 0) is 44.4 Å². The van der Waals surface area contributed by atoms with E-state index >= 15 is 0 Å². The number of benzene rings is 2. The molecule has 0 radical (unpaired) electrons. The highest BCUT2D eigenvalue weighted by Crippen LogP contribution is 2.13. The molecule has 0 spiro atoms. The van der Waals surface area contributed by atoms with Crippen LogP contribution in [0.5, 0.6) is 0 Å². The second kappa shape index (κ2) is 9.02. The molecule has 0 aliphatic rings. The van der Waals surface area contributed by atoms with Crippen LogP contribution in [0.2, 0.25) is 0 Å². The van der Waals surface area contributed by atoms with Crippen molar-refractivity contribution in [1.82, 2.24) is 5.32 Å². The molecule has 0 aliphatic carbocycles. The molecule has 0 aliphatic heterocycles. The highest BCUT2D eigenvalue weighted by molar-refractivity contribution is 5.96. The second-order valence-electron chi connectivity index (χ2n) is 6.17. The van der Waals surface area contributed by atoms with Crippen molar-refractivity contribution in [3.8, 4) is 0 Å². The molecule has 2 aromatic carbocycles. The Hall–Kier alpha value is -2.62. The number of aryl methyl sites for hydroxylation is 2. The second-order valence-corrected chi connectivity index (χ2v) is 6.17. The molecule has 0 saturated heterocycles. The van der Waals surface area contributed by atoms with Crippen molar-refractivity contribution in [2.45, 2.75) is 27.2 Å². The molecule has 4 nitrogen and oxygen atoms in total. The van der Waals surface area contributed by atoms with Gasteiger partial charge in [0.1, 0.15) is 0 Å². The van der Waals surface area contributed by atoms with Crippen LogP contribution in [0, 0.1) is 19.8 Å². The van der Waals surface area contributed by atoms with Crippen molar-refractivity contribution in [2.24, 2.45) is 5.92 Å². The molecule has 1 amide bonds. The zero-order chi connectivity index (χ0) is 18.2. The van der Waals surface area contributed by atoms with E-state index < -0.39 is 5.92 Å². The van der Waals surface area contributed by atoms with Crippen LogP contribution in [0.25, 0.3) is 0 Å². The summed E-state index contributed by atoms with van der Waals surface area (Å²) in [5.41, 5.74) is 3.63. The van der Waals surface area contributed by atoms with Crippen molar-refractivity contribution in [3.63, 3.8) is 0 Å². The van der Waals surface area contributed by atoms with E-state index in [0.29, 0.717) is 18.6 Å². The summed E-state index contributed by atoms with van der Waals surface area (Å²) in [7, 11) is 0. The van der Waals surface area contributed by atoms with Crippen LogP contribution >= 0.6 is 0 Å². The summed E-state index contributed by atoms with van der Waals surface area (Å²) >= 11 is 0. The van der Waals surface area contributed by atoms with Gasteiger partial charge in [-0.2, -0.15) is 0 Å². The number of esters is 1. The lowest BCUT2D eigenvalue weighted by atomic mass is 9.99. The van der Waals surface area contributed by atoms with Crippen molar-refractivity contribution in [1.29, 1.82) is 0 Å². The summed E-state index contributed by atoms with van der Waals surface area (Å²) in [5.74, 6) is -0.854. The summed E-state index contributed by atoms with van der Waals surface area (Å²) < 4.78 is 5.17. The molecular formula is C21H25NO3. The van der Waals surface area contributed by atoms with E-state index in [1.165, 1.54) is 0 Å². The molecule has 25 heavy (non-hydrogen) atoms. The average molecular weight is 339 g/mol. The number of carbonyl (C=O) groups excluding carboxylic acids is 2. The normalized spacial score (nSPS) is 11.6. The van der Waals surface area contributed by atoms with Crippen LogP contribution in [-0.4, -0.2) is 25.0 Å². The Morgan fingerprint density at radius 1 is 1.08 bits per heavy atom. The quantitative estimate of drug-likeness (QED) is 0.786. The van der Waals surface area contributed by atoms with E-state index in [-0.39, 0.29) is 18.4 Å². The topological polar surface area (TPSA) is 55.4 Å². The van der Waals surface area contributed by atoms with Gasteiger partial charge < -0.3 is 10.1 Å². The van der Waals surface area contributed by atoms with Gasteiger partial charge in [0.2, 0.25) is 0 Å². The third-order valence-corrected chi connectivity index (χ3v) is 4.09. The van der Waals surface area contributed by atoms with Gasteiger partial charge in [-0.3, -0.25) is 9.59 Å². The van der Waals surface area contributed by atoms with Crippen LogP contribution < -0.4 is 5.32 Å². The Bertz CT molecular complexity index is 725. The number of amides is 1. The summed E-state index contributed by atoms with van der Waals surface area (Å²) in [6.45, 7) is 6.22. The van der Waals surface area contributed by atoms with Crippen LogP contribution in [0.1, 0.15) is 34.0 Å². The van der Waals surface area contributed by atoms with E-state index in [2.05, 4.69) is 5.32 Å². The summed E-state index contributed by atoms with van der Waals surface area (Å²) in [6.07, 6.45) is 0.534. The van der Waals surface area contributed by atoms with Crippen LogP contribution in [0.4, 0.5) is 0 Å². The molecule has 0 aromatic heterocycles. The number of nitrogens with one attached hydrogen (secondary N) is 1. The predicted molar refractivity (Wildman–Crippen MR) is 98.5 cm³/mol. The lowest BCUT2D eigenvalue weighted by molar-refractivity contribution is -0.147. The fraction of sp³-hybridized carbons (Fsp3) is 0.333. The first-order valence-electron chi connectivity index (χ1n) is 8.57.